The molecule has 1 fully saturated rings. The molecule has 1 atom stereocenters. The minimum atomic E-state index is -0.507. The van der Waals surface area contributed by atoms with Crippen LogP contribution in [-0.2, 0) is 10.2 Å². The van der Waals surface area contributed by atoms with Gasteiger partial charge in [0, 0.05) is 19.3 Å². The number of carbonyl (C=O) groups is 1. The van der Waals surface area contributed by atoms with E-state index in [1.807, 2.05) is 39.0 Å². The maximum atomic E-state index is 12.1. The normalized spacial score (nSPS) is 22.9. The average Bonchev–Trinajstić information content (AvgIpc) is 2.84. The summed E-state index contributed by atoms with van der Waals surface area (Å²) in [5.74, 6) is 0. The van der Waals surface area contributed by atoms with E-state index < -0.39 is 11.0 Å². The smallest absolute Gasteiger partial charge is 0.410 e. The highest BCUT2D eigenvalue weighted by atomic mass is 16.6. The molecule has 2 rings (SSSR count). The number of aliphatic hydroxyl groups is 1. The number of pyridine rings is 1. The number of rotatable bonds is 2. The summed E-state index contributed by atoms with van der Waals surface area (Å²) in [5, 5.41) is 9.78. The Morgan fingerprint density at radius 1 is 1.50 bits per heavy atom. The third-order valence-electron chi connectivity index (χ3n) is 3.52. The number of nitrogens with zero attached hydrogens (tertiary/aromatic N) is 2. The first kappa shape index (κ1) is 14.8. The highest BCUT2D eigenvalue weighted by Gasteiger charge is 2.43. The van der Waals surface area contributed by atoms with Crippen molar-refractivity contribution in [2.24, 2.45) is 0 Å². The molecule has 2 heterocycles. The van der Waals surface area contributed by atoms with Crippen molar-refractivity contribution in [3.63, 3.8) is 0 Å². The van der Waals surface area contributed by atoms with Gasteiger partial charge in [-0.2, -0.15) is 0 Å². The lowest BCUT2D eigenvalue weighted by Gasteiger charge is -2.28. The van der Waals surface area contributed by atoms with Gasteiger partial charge < -0.3 is 14.7 Å². The largest absolute Gasteiger partial charge is 0.444 e. The molecule has 5 nitrogen and oxygen atoms in total. The van der Waals surface area contributed by atoms with Gasteiger partial charge in [0.2, 0.25) is 0 Å². The van der Waals surface area contributed by atoms with E-state index in [2.05, 4.69) is 4.98 Å². The molecule has 0 aliphatic carbocycles. The van der Waals surface area contributed by atoms with Gasteiger partial charge in [0.15, 0.2) is 0 Å². The van der Waals surface area contributed by atoms with E-state index in [1.54, 1.807) is 11.1 Å². The van der Waals surface area contributed by atoms with Crippen LogP contribution in [0.1, 0.15) is 32.9 Å². The summed E-state index contributed by atoms with van der Waals surface area (Å²) in [6.07, 6.45) is 2.08. The van der Waals surface area contributed by atoms with Gasteiger partial charge in [0.1, 0.15) is 5.60 Å². The molecule has 1 amide bonds. The van der Waals surface area contributed by atoms with Crippen LogP contribution in [0.4, 0.5) is 4.79 Å². The Bertz CT molecular complexity index is 470. The minimum Gasteiger partial charge on any atom is -0.444 e. The number of carbonyl (C=O) groups excluding carboxylic acids is 1. The molecule has 1 N–H and O–H groups in total. The monoisotopic (exact) mass is 278 g/mol. The van der Waals surface area contributed by atoms with E-state index in [0.29, 0.717) is 19.5 Å². The maximum absolute atomic E-state index is 12.1. The van der Waals surface area contributed by atoms with E-state index >= 15 is 0 Å². The van der Waals surface area contributed by atoms with Crippen LogP contribution in [-0.4, -0.2) is 46.4 Å². The lowest BCUT2D eigenvalue weighted by Crippen LogP contribution is -2.40. The van der Waals surface area contributed by atoms with E-state index in [9.17, 15) is 9.90 Å². The standard InChI is InChI=1S/C15H22N2O3/c1-14(2,3)20-13(19)17-9-7-15(10-17,11-18)12-6-4-5-8-16-12/h4-6,8,18H,7,9-11H2,1-3H3. The third kappa shape index (κ3) is 3.10. The third-order valence-corrected chi connectivity index (χ3v) is 3.52. The summed E-state index contributed by atoms with van der Waals surface area (Å²) in [5.41, 5.74) is -0.154. The fourth-order valence-corrected chi connectivity index (χ4v) is 2.45. The molecule has 1 aliphatic heterocycles. The molecule has 1 aromatic heterocycles. The highest BCUT2D eigenvalue weighted by molar-refractivity contribution is 5.69. The van der Waals surface area contributed by atoms with Crippen LogP contribution >= 0.6 is 0 Å². The Morgan fingerprint density at radius 3 is 2.80 bits per heavy atom. The fourth-order valence-electron chi connectivity index (χ4n) is 2.45. The number of aliphatic hydroxyl groups excluding tert-OH is 1. The zero-order valence-electron chi connectivity index (χ0n) is 12.3. The number of aromatic nitrogens is 1. The van der Waals surface area contributed by atoms with Gasteiger partial charge >= 0.3 is 6.09 Å². The van der Waals surface area contributed by atoms with E-state index in [0.717, 1.165) is 5.69 Å². The molecular formula is C15H22N2O3. The number of likely N-dealkylation sites (tertiary alicyclic amines) is 1. The molecule has 110 valence electrons. The molecular weight excluding hydrogens is 256 g/mol. The predicted octanol–water partition coefficient (Wildman–Crippen LogP) is 1.95. The summed E-state index contributed by atoms with van der Waals surface area (Å²) in [7, 11) is 0. The van der Waals surface area contributed by atoms with Crippen LogP contribution in [0.5, 0.6) is 0 Å². The Morgan fingerprint density at radius 2 is 2.25 bits per heavy atom. The van der Waals surface area contributed by atoms with Gasteiger partial charge in [-0.15, -0.1) is 0 Å². The minimum absolute atomic E-state index is 0.0245. The number of hydrogen-bond donors (Lipinski definition) is 1. The van der Waals surface area contributed by atoms with Crippen LogP contribution in [0.2, 0.25) is 0 Å². The molecule has 0 saturated carbocycles. The molecule has 1 unspecified atom stereocenters. The van der Waals surface area contributed by atoms with E-state index in [4.69, 9.17) is 4.74 Å². The topological polar surface area (TPSA) is 62.7 Å². The highest BCUT2D eigenvalue weighted by Crippen LogP contribution is 2.33. The molecule has 0 aromatic carbocycles. The van der Waals surface area contributed by atoms with Gasteiger partial charge in [-0.3, -0.25) is 4.98 Å². The Kier molecular flexibility index (Phi) is 3.99. The first-order valence-corrected chi connectivity index (χ1v) is 6.87. The lowest BCUT2D eigenvalue weighted by atomic mass is 9.84. The summed E-state index contributed by atoms with van der Waals surface area (Å²) < 4.78 is 5.38. The van der Waals surface area contributed by atoms with Crippen molar-refractivity contribution in [3.05, 3.63) is 30.1 Å². The van der Waals surface area contributed by atoms with Crippen LogP contribution in [0.3, 0.4) is 0 Å². The van der Waals surface area contributed by atoms with Crippen molar-refractivity contribution < 1.29 is 14.6 Å². The Labute approximate surface area is 119 Å². The van der Waals surface area contributed by atoms with Gasteiger partial charge in [0.05, 0.1) is 17.7 Å². The lowest BCUT2D eigenvalue weighted by molar-refractivity contribution is 0.0276. The van der Waals surface area contributed by atoms with Crippen LogP contribution < -0.4 is 0 Å². The van der Waals surface area contributed by atoms with Crippen molar-refractivity contribution in [2.45, 2.75) is 38.2 Å². The second kappa shape index (κ2) is 5.40. The summed E-state index contributed by atoms with van der Waals surface area (Å²) in [6, 6.07) is 5.64. The Balaban J connectivity index is 2.12. The van der Waals surface area contributed by atoms with Gasteiger partial charge in [-0.05, 0) is 39.3 Å². The molecule has 1 aromatic rings. The van der Waals surface area contributed by atoms with E-state index in [-0.39, 0.29) is 12.7 Å². The van der Waals surface area contributed by atoms with Crippen molar-refractivity contribution in [1.82, 2.24) is 9.88 Å². The van der Waals surface area contributed by atoms with Crippen LogP contribution in [0, 0.1) is 0 Å². The van der Waals surface area contributed by atoms with E-state index in [1.165, 1.54) is 0 Å². The van der Waals surface area contributed by atoms with Crippen molar-refractivity contribution >= 4 is 6.09 Å². The number of amides is 1. The second-order valence-electron chi connectivity index (χ2n) is 6.31. The Hall–Kier alpha value is -1.62. The van der Waals surface area contributed by atoms with Crippen molar-refractivity contribution in [3.8, 4) is 0 Å². The molecule has 0 radical (unpaired) electrons. The van der Waals surface area contributed by atoms with Crippen LogP contribution in [0.25, 0.3) is 0 Å². The van der Waals surface area contributed by atoms with Gasteiger partial charge in [-0.1, -0.05) is 6.07 Å². The summed E-state index contributed by atoms with van der Waals surface area (Å²) in [4.78, 5) is 18.1. The number of hydrogen-bond acceptors (Lipinski definition) is 4. The first-order valence-electron chi connectivity index (χ1n) is 6.87. The average molecular weight is 278 g/mol. The van der Waals surface area contributed by atoms with Gasteiger partial charge in [-0.25, -0.2) is 4.79 Å². The molecule has 1 aliphatic rings. The quantitative estimate of drug-likeness (QED) is 0.898. The van der Waals surface area contributed by atoms with Crippen molar-refractivity contribution in [1.29, 1.82) is 0 Å². The van der Waals surface area contributed by atoms with Crippen LogP contribution in [0.15, 0.2) is 24.4 Å². The maximum Gasteiger partial charge on any atom is 0.410 e. The first-order chi connectivity index (χ1) is 9.36. The molecule has 20 heavy (non-hydrogen) atoms. The SMILES string of the molecule is CC(C)(C)OC(=O)N1CCC(CO)(c2ccccn2)C1. The fraction of sp³-hybridized carbons (Fsp3) is 0.600. The molecule has 1 saturated heterocycles. The predicted molar refractivity (Wildman–Crippen MR) is 75.4 cm³/mol. The molecule has 0 bridgehead atoms. The number of ether oxygens (including phenoxy) is 1. The molecule has 5 heteroatoms. The van der Waals surface area contributed by atoms with Crippen molar-refractivity contribution in [2.75, 3.05) is 19.7 Å². The zero-order chi connectivity index (χ0) is 14.8. The summed E-state index contributed by atoms with van der Waals surface area (Å²) in [6.45, 7) is 6.53. The second-order valence-corrected chi connectivity index (χ2v) is 6.31. The van der Waals surface area contributed by atoms with Gasteiger partial charge in [0.25, 0.3) is 0 Å². The summed E-state index contributed by atoms with van der Waals surface area (Å²) >= 11 is 0. The molecule has 0 spiro atoms. The zero-order valence-corrected chi connectivity index (χ0v) is 12.3.